The number of H-pyrrole nitrogens is 1. The van der Waals surface area contributed by atoms with E-state index in [1.807, 2.05) is 27.7 Å². The van der Waals surface area contributed by atoms with E-state index in [0.717, 1.165) is 53.1 Å². The van der Waals surface area contributed by atoms with Crippen LogP contribution >= 0.6 is 0 Å². The van der Waals surface area contributed by atoms with Crippen LogP contribution in [0.25, 0.3) is 5.52 Å². The molecule has 1 atom stereocenters. The van der Waals surface area contributed by atoms with E-state index >= 15 is 0 Å². The number of hydrogen-bond donors (Lipinski definition) is 1. The van der Waals surface area contributed by atoms with E-state index in [1.165, 1.54) is 6.39 Å². The zero-order valence-corrected chi connectivity index (χ0v) is 16.0. The maximum atomic E-state index is 13.5. The van der Waals surface area contributed by atoms with Gasteiger partial charge in [0.15, 0.2) is 6.39 Å². The normalized spacial score (nSPS) is 18.9. The number of fused-ring (bicyclic) bond motifs is 2. The third-order valence-corrected chi connectivity index (χ3v) is 5.95. The molecule has 8 heteroatoms. The van der Waals surface area contributed by atoms with Crippen LogP contribution in [0.15, 0.2) is 41.5 Å². The molecule has 1 unspecified atom stereocenters. The van der Waals surface area contributed by atoms with E-state index in [0.29, 0.717) is 18.2 Å². The smallest absolute Gasteiger partial charge is 0.292 e. The molecule has 0 saturated heterocycles. The lowest BCUT2D eigenvalue weighted by molar-refractivity contribution is 0.0652. The molecule has 5 heterocycles. The number of imidazole rings is 1. The molecule has 0 spiro atoms. The van der Waals surface area contributed by atoms with Crippen molar-refractivity contribution in [1.29, 1.82) is 0 Å². The van der Waals surface area contributed by atoms with E-state index in [9.17, 15) is 4.79 Å². The average molecular weight is 388 g/mol. The Morgan fingerprint density at radius 3 is 3.00 bits per heavy atom. The van der Waals surface area contributed by atoms with Crippen molar-refractivity contribution in [1.82, 2.24) is 29.5 Å². The first-order chi connectivity index (χ1) is 14.2. The van der Waals surface area contributed by atoms with Crippen molar-refractivity contribution in [2.24, 2.45) is 0 Å². The van der Waals surface area contributed by atoms with Gasteiger partial charge >= 0.3 is 0 Å². The largest absolute Gasteiger partial charge is 0.438 e. The molecule has 1 fully saturated rings. The summed E-state index contributed by atoms with van der Waals surface area (Å²) in [5.41, 5.74) is 5.64. The predicted octanol–water partition coefficient (Wildman–Crippen LogP) is 3.02. The third-order valence-electron chi connectivity index (χ3n) is 5.95. The lowest BCUT2D eigenvalue weighted by atomic mass is 9.99. The monoisotopic (exact) mass is 388 g/mol. The Hall–Kier alpha value is -3.42. The van der Waals surface area contributed by atoms with E-state index < -0.39 is 0 Å². The Morgan fingerprint density at radius 1 is 1.28 bits per heavy atom. The molecule has 1 aliphatic carbocycles. The van der Waals surface area contributed by atoms with Gasteiger partial charge in [0.1, 0.15) is 6.04 Å². The zero-order valence-electron chi connectivity index (χ0n) is 16.0. The van der Waals surface area contributed by atoms with Crippen molar-refractivity contribution in [3.8, 4) is 0 Å². The molecule has 146 valence electrons. The molecule has 0 radical (unpaired) electrons. The molecule has 0 aromatic carbocycles. The van der Waals surface area contributed by atoms with Gasteiger partial charge in [0, 0.05) is 30.8 Å². The predicted molar refractivity (Wildman–Crippen MR) is 104 cm³/mol. The lowest BCUT2D eigenvalue weighted by Crippen LogP contribution is -2.41. The lowest BCUT2D eigenvalue weighted by Gasteiger charge is -2.33. The Bertz CT molecular complexity index is 1230. The Labute approximate surface area is 166 Å². The van der Waals surface area contributed by atoms with Crippen molar-refractivity contribution < 1.29 is 9.21 Å². The summed E-state index contributed by atoms with van der Waals surface area (Å²) in [5.74, 6) is 0.558. The van der Waals surface area contributed by atoms with Crippen LogP contribution in [0.2, 0.25) is 0 Å². The fourth-order valence-electron chi connectivity index (χ4n) is 4.30. The van der Waals surface area contributed by atoms with Gasteiger partial charge in [-0.2, -0.15) is 5.10 Å². The molecule has 8 nitrogen and oxygen atoms in total. The topological polar surface area (TPSA) is 92.3 Å². The summed E-state index contributed by atoms with van der Waals surface area (Å²) in [6.07, 6.45) is 7.84. The van der Waals surface area contributed by atoms with E-state index in [4.69, 9.17) is 9.52 Å². The summed E-state index contributed by atoms with van der Waals surface area (Å²) >= 11 is 0. The first kappa shape index (κ1) is 16.5. The standard InChI is InChI=1S/C21H20N6O2/c1-12-3-2-7-27-16(12)9-15(25-27)19-18-14(22-10-23-18)6-8-26(19)21(28)20-17(13-4-5-13)24-11-29-20/h2-3,7,9-11,13,19H,4-6,8H2,1H3,(H,22,23). The molecule has 29 heavy (non-hydrogen) atoms. The first-order valence-corrected chi connectivity index (χ1v) is 9.92. The molecule has 4 aromatic heterocycles. The highest BCUT2D eigenvalue weighted by molar-refractivity contribution is 5.93. The maximum Gasteiger partial charge on any atom is 0.292 e. The SMILES string of the molecule is Cc1cccn2nc(C3c4nc[nH]c4CCN3C(=O)c3ocnc3C3CC3)cc12. The van der Waals surface area contributed by atoms with Gasteiger partial charge in [-0.25, -0.2) is 14.5 Å². The van der Waals surface area contributed by atoms with Gasteiger partial charge in [0.2, 0.25) is 5.76 Å². The molecule has 2 aliphatic rings. The van der Waals surface area contributed by atoms with Crippen LogP contribution in [0.3, 0.4) is 0 Å². The number of rotatable bonds is 3. The van der Waals surface area contributed by atoms with Crippen LogP contribution in [0, 0.1) is 6.92 Å². The molecule has 1 saturated carbocycles. The van der Waals surface area contributed by atoms with Crippen LogP contribution in [-0.4, -0.2) is 41.9 Å². The summed E-state index contributed by atoms with van der Waals surface area (Å²) in [4.78, 5) is 27.4. The number of pyridine rings is 1. The number of nitrogens with zero attached hydrogens (tertiary/aromatic N) is 5. The molecule has 1 amide bonds. The van der Waals surface area contributed by atoms with Crippen LogP contribution in [-0.2, 0) is 6.42 Å². The molecule has 6 rings (SSSR count). The molecule has 4 aromatic rings. The number of oxazole rings is 1. The fraction of sp³-hybridized carbons (Fsp3) is 0.333. The minimum atomic E-state index is -0.367. The van der Waals surface area contributed by atoms with Gasteiger partial charge in [0.25, 0.3) is 5.91 Å². The van der Waals surface area contributed by atoms with Crippen LogP contribution < -0.4 is 0 Å². The maximum absolute atomic E-state index is 13.5. The number of amides is 1. The second-order valence-corrected chi connectivity index (χ2v) is 7.85. The molecule has 1 N–H and O–H groups in total. The van der Waals surface area contributed by atoms with E-state index in [-0.39, 0.29) is 11.9 Å². The van der Waals surface area contributed by atoms with Gasteiger partial charge in [0.05, 0.1) is 28.9 Å². The van der Waals surface area contributed by atoms with E-state index in [2.05, 4.69) is 27.9 Å². The van der Waals surface area contributed by atoms with Crippen LogP contribution in [0.4, 0.5) is 0 Å². The van der Waals surface area contributed by atoms with E-state index in [1.54, 1.807) is 6.33 Å². The minimum absolute atomic E-state index is 0.142. The van der Waals surface area contributed by atoms with Crippen molar-refractivity contribution in [3.05, 3.63) is 71.2 Å². The van der Waals surface area contributed by atoms with Crippen molar-refractivity contribution in [2.45, 2.75) is 38.1 Å². The third kappa shape index (κ3) is 2.52. The van der Waals surface area contributed by atoms with Gasteiger partial charge in [-0.3, -0.25) is 4.79 Å². The molecule has 1 aliphatic heterocycles. The summed E-state index contributed by atoms with van der Waals surface area (Å²) < 4.78 is 7.42. The summed E-state index contributed by atoms with van der Waals surface area (Å²) in [7, 11) is 0. The number of aromatic nitrogens is 5. The molecular formula is C21H20N6O2. The van der Waals surface area contributed by atoms with Crippen LogP contribution in [0.5, 0.6) is 0 Å². The Balaban J connectivity index is 1.47. The molecule has 0 bridgehead atoms. The van der Waals surface area contributed by atoms with Gasteiger partial charge in [-0.15, -0.1) is 0 Å². The number of carbonyl (C=O) groups is 1. The highest BCUT2D eigenvalue weighted by atomic mass is 16.3. The minimum Gasteiger partial charge on any atom is -0.438 e. The van der Waals surface area contributed by atoms with Crippen LogP contribution in [0.1, 0.15) is 63.7 Å². The first-order valence-electron chi connectivity index (χ1n) is 9.92. The number of aromatic amines is 1. The van der Waals surface area contributed by atoms with Crippen molar-refractivity contribution in [2.75, 3.05) is 6.54 Å². The van der Waals surface area contributed by atoms with Gasteiger partial charge in [-0.05, 0) is 37.5 Å². The summed E-state index contributed by atoms with van der Waals surface area (Å²) in [6, 6.07) is 5.71. The number of hydrogen-bond acceptors (Lipinski definition) is 5. The van der Waals surface area contributed by atoms with Crippen molar-refractivity contribution >= 4 is 11.4 Å². The summed E-state index contributed by atoms with van der Waals surface area (Å²) in [6.45, 7) is 2.62. The fourth-order valence-corrected chi connectivity index (χ4v) is 4.30. The highest BCUT2D eigenvalue weighted by Crippen LogP contribution is 2.42. The quantitative estimate of drug-likeness (QED) is 0.582. The van der Waals surface area contributed by atoms with Crippen molar-refractivity contribution in [3.63, 3.8) is 0 Å². The zero-order chi connectivity index (χ0) is 19.5. The highest BCUT2D eigenvalue weighted by Gasteiger charge is 2.40. The second kappa shape index (κ2) is 6.04. The number of aryl methyl sites for hydroxylation is 1. The van der Waals surface area contributed by atoms with Gasteiger partial charge < -0.3 is 14.3 Å². The molecular weight excluding hydrogens is 368 g/mol. The average Bonchev–Trinajstić information content (AvgIpc) is 3.13. The number of carbonyl (C=O) groups excluding carboxylic acids is 1. The Morgan fingerprint density at radius 2 is 2.17 bits per heavy atom. The number of nitrogens with one attached hydrogen (secondary N) is 1. The van der Waals surface area contributed by atoms with Gasteiger partial charge in [-0.1, -0.05) is 6.07 Å². The summed E-state index contributed by atoms with van der Waals surface area (Å²) in [5, 5.41) is 4.78. The second-order valence-electron chi connectivity index (χ2n) is 7.85. The Kier molecular flexibility index (Phi) is 3.44.